The van der Waals surface area contributed by atoms with Gasteiger partial charge >= 0.3 is 0 Å². The van der Waals surface area contributed by atoms with Gasteiger partial charge in [-0.3, -0.25) is 0 Å². The van der Waals surface area contributed by atoms with E-state index >= 15 is 0 Å². The van der Waals surface area contributed by atoms with Crippen molar-refractivity contribution in [2.75, 3.05) is 6.54 Å². The SMILES string of the molecule is CC1=CCC2=C(C=C1)CNN=C2N. The van der Waals surface area contributed by atoms with Gasteiger partial charge in [0.05, 0.1) is 6.54 Å². The number of nitrogens with zero attached hydrogens (tertiary/aromatic N) is 1. The lowest BCUT2D eigenvalue weighted by Crippen LogP contribution is -2.28. The molecule has 0 amide bonds. The maximum Gasteiger partial charge on any atom is 0.147 e. The molecule has 1 aliphatic heterocycles. The lowest BCUT2D eigenvalue weighted by Gasteiger charge is -2.15. The van der Waals surface area contributed by atoms with Crippen molar-refractivity contribution in [1.82, 2.24) is 5.43 Å². The van der Waals surface area contributed by atoms with Crippen molar-refractivity contribution in [1.29, 1.82) is 0 Å². The van der Waals surface area contributed by atoms with E-state index in [1.165, 1.54) is 11.1 Å². The molecule has 3 N–H and O–H groups in total. The van der Waals surface area contributed by atoms with Crippen molar-refractivity contribution >= 4 is 5.84 Å². The van der Waals surface area contributed by atoms with Gasteiger partial charge in [-0.25, -0.2) is 0 Å². The second kappa shape index (κ2) is 3.09. The van der Waals surface area contributed by atoms with Crippen LogP contribution in [0.5, 0.6) is 0 Å². The van der Waals surface area contributed by atoms with Crippen molar-refractivity contribution < 1.29 is 0 Å². The third-order valence-corrected chi connectivity index (χ3v) is 2.34. The van der Waals surface area contributed by atoms with Gasteiger partial charge in [0.1, 0.15) is 5.84 Å². The maximum atomic E-state index is 5.77. The summed E-state index contributed by atoms with van der Waals surface area (Å²) < 4.78 is 0. The van der Waals surface area contributed by atoms with Crippen molar-refractivity contribution in [2.24, 2.45) is 10.8 Å². The van der Waals surface area contributed by atoms with Gasteiger partial charge < -0.3 is 11.2 Å². The van der Waals surface area contributed by atoms with Gasteiger partial charge in [0, 0.05) is 5.57 Å². The van der Waals surface area contributed by atoms with Gasteiger partial charge in [-0.05, 0) is 18.9 Å². The highest BCUT2D eigenvalue weighted by molar-refractivity contribution is 5.99. The van der Waals surface area contributed by atoms with Crippen LogP contribution in [0.25, 0.3) is 0 Å². The fourth-order valence-corrected chi connectivity index (χ4v) is 1.51. The molecule has 3 nitrogen and oxygen atoms in total. The fraction of sp³-hybridized carbons (Fsp3) is 0.300. The van der Waals surface area contributed by atoms with Gasteiger partial charge in [0.2, 0.25) is 0 Å². The topological polar surface area (TPSA) is 50.4 Å². The lowest BCUT2D eigenvalue weighted by molar-refractivity contribution is 0.784. The zero-order valence-corrected chi connectivity index (χ0v) is 7.67. The van der Waals surface area contributed by atoms with Crippen molar-refractivity contribution in [2.45, 2.75) is 13.3 Å². The quantitative estimate of drug-likeness (QED) is 0.578. The zero-order chi connectivity index (χ0) is 9.26. The van der Waals surface area contributed by atoms with Crippen LogP contribution in [0.2, 0.25) is 0 Å². The number of hydrazone groups is 1. The van der Waals surface area contributed by atoms with Crippen LogP contribution < -0.4 is 11.2 Å². The van der Waals surface area contributed by atoms with Crippen molar-refractivity contribution in [3.05, 3.63) is 34.9 Å². The van der Waals surface area contributed by atoms with E-state index in [9.17, 15) is 0 Å². The summed E-state index contributed by atoms with van der Waals surface area (Å²) in [5, 5.41) is 4.00. The highest BCUT2D eigenvalue weighted by Gasteiger charge is 2.13. The molecule has 0 unspecified atom stereocenters. The molecule has 0 aromatic carbocycles. The number of hydrogen-bond donors (Lipinski definition) is 2. The highest BCUT2D eigenvalue weighted by atomic mass is 15.3. The molecule has 0 saturated heterocycles. The predicted octanol–water partition coefficient (Wildman–Crippen LogP) is 1.06. The van der Waals surface area contributed by atoms with Gasteiger partial charge in [-0.2, -0.15) is 5.10 Å². The summed E-state index contributed by atoms with van der Waals surface area (Å²) in [4.78, 5) is 0. The predicted molar refractivity (Wildman–Crippen MR) is 54.2 cm³/mol. The summed E-state index contributed by atoms with van der Waals surface area (Å²) >= 11 is 0. The van der Waals surface area contributed by atoms with E-state index in [0.29, 0.717) is 5.84 Å². The minimum atomic E-state index is 0.622. The molecule has 0 bridgehead atoms. The number of rotatable bonds is 0. The third kappa shape index (κ3) is 1.49. The number of amidine groups is 1. The third-order valence-electron chi connectivity index (χ3n) is 2.34. The first-order valence-corrected chi connectivity index (χ1v) is 4.40. The zero-order valence-electron chi connectivity index (χ0n) is 7.67. The number of allylic oxidation sites excluding steroid dienone is 3. The Balaban J connectivity index is 2.38. The molecule has 0 atom stereocenters. The molecule has 2 aliphatic rings. The summed E-state index contributed by atoms with van der Waals surface area (Å²) in [6.07, 6.45) is 7.29. The summed E-state index contributed by atoms with van der Waals surface area (Å²) in [6, 6.07) is 0. The van der Waals surface area contributed by atoms with Crippen LogP contribution in [-0.4, -0.2) is 12.4 Å². The molecule has 1 aliphatic carbocycles. The molecule has 0 spiro atoms. The molecule has 13 heavy (non-hydrogen) atoms. The Morgan fingerprint density at radius 2 is 2.31 bits per heavy atom. The van der Waals surface area contributed by atoms with Crippen LogP contribution in [-0.2, 0) is 0 Å². The second-order valence-corrected chi connectivity index (χ2v) is 3.32. The van der Waals surface area contributed by atoms with Crippen LogP contribution in [0, 0.1) is 0 Å². The van der Waals surface area contributed by atoms with Gasteiger partial charge in [-0.15, -0.1) is 0 Å². The van der Waals surface area contributed by atoms with E-state index in [1.807, 2.05) is 0 Å². The molecule has 1 heterocycles. The Morgan fingerprint density at radius 1 is 1.46 bits per heavy atom. The van der Waals surface area contributed by atoms with Crippen LogP contribution >= 0.6 is 0 Å². The fourth-order valence-electron chi connectivity index (χ4n) is 1.51. The summed E-state index contributed by atoms with van der Waals surface area (Å²) in [5.41, 5.74) is 12.4. The van der Waals surface area contributed by atoms with Crippen LogP contribution in [0.4, 0.5) is 0 Å². The molecule has 68 valence electrons. The Kier molecular flexibility index (Phi) is 1.93. The Labute approximate surface area is 77.7 Å². The first-order chi connectivity index (χ1) is 6.27. The van der Waals surface area contributed by atoms with E-state index in [4.69, 9.17) is 5.73 Å². The molecular weight excluding hydrogens is 162 g/mol. The van der Waals surface area contributed by atoms with Crippen molar-refractivity contribution in [3.63, 3.8) is 0 Å². The Hall–Kier alpha value is -1.51. The van der Waals surface area contributed by atoms with Gasteiger partial charge in [0.25, 0.3) is 0 Å². The number of nitrogens with one attached hydrogen (secondary N) is 1. The van der Waals surface area contributed by atoms with E-state index in [0.717, 1.165) is 18.5 Å². The van der Waals surface area contributed by atoms with E-state index < -0.39 is 0 Å². The molecule has 0 aromatic heterocycles. The largest absolute Gasteiger partial charge is 0.382 e. The molecule has 0 aromatic rings. The van der Waals surface area contributed by atoms with Crippen LogP contribution in [0.3, 0.4) is 0 Å². The first-order valence-electron chi connectivity index (χ1n) is 4.40. The van der Waals surface area contributed by atoms with Crippen LogP contribution in [0.1, 0.15) is 13.3 Å². The monoisotopic (exact) mass is 175 g/mol. The maximum absolute atomic E-state index is 5.77. The average Bonchev–Trinajstić information content (AvgIpc) is 2.30. The summed E-state index contributed by atoms with van der Waals surface area (Å²) in [5.74, 6) is 0.622. The number of nitrogens with two attached hydrogens (primary N) is 1. The number of hydrogen-bond acceptors (Lipinski definition) is 3. The van der Waals surface area contributed by atoms with E-state index in [-0.39, 0.29) is 0 Å². The lowest BCUT2D eigenvalue weighted by atomic mass is 10.0. The Bertz CT molecular complexity index is 345. The normalized spacial score (nSPS) is 21.3. The minimum absolute atomic E-state index is 0.622. The highest BCUT2D eigenvalue weighted by Crippen LogP contribution is 2.19. The molecule has 0 saturated carbocycles. The molecule has 0 fully saturated rings. The standard InChI is InChI=1S/C10H13N3/c1-7-2-4-8-6-12-13-10(11)9(8)5-3-7/h2-4,12H,5-6H2,1H3,(H2,11,13). The van der Waals surface area contributed by atoms with Gasteiger partial charge in [0.15, 0.2) is 0 Å². The summed E-state index contributed by atoms with van der Waals surface area (Å²) in [7, 11) is 0. The Morgan fingerprint density at radius 3 is 3.15 bits per heavy atom. The smallest absolute Gasteiger partial charge is 0.147 e. The summed E-state index contributed by atoms with van der Waals surface area (Å²) in [6.45, 7) is 2.88. The first kappa shape index (κ1) is 8.10. The second-order valence-electron chi connectivity index (χ2n) is 3.32. The van der Waals surface area contributed by atoms with E-state index in [2.05, 4.69) is 35.7 Å². The average molecular weight is 175 g/mol. The molecular formula is C10H13N3. The molecule has 0 radical (unpaired) electrons. The van der Waals surface area contributed by atoms with Crippen LogP contribution in [0.15, 0.2) is 40.0 Å². The minimum Gasteiger partial charge on any atom is -0.382 e. The van der Waals surface area contributed by atoms with Crippen molar-refractivity contribution in [3.8, 4) is 0 Å². The van der Waals surface area contributed by atoms with Gasteiger partial charge in [-0.1, -0.05) is 23.8 Å². The molecule has 2 rings (SSSR count). The van der Waals surface area contributed by atoms with E-state index in [1.54, 1.807) is 0 Å². The molecule has 3 heteroatoms.